The fourth-order valence-corrected chi connectivity index (χ4v) is 2.60. The topological polar surface area (TPSA) is 9.23 Å². The quantitative estimate of drug-likeness (QED) is 0.694. The van der Waals surface area contributed by atoms with Gasteiger partial charge in [0, 0.05) is 5.56 Å². The molecule has 0 spiro atoms. The van der Waals surface area contributed by atoms with Crippen LogP contribution in [-0.4, -0.2) is 7.11 Å². The van der Waals surface area contributed by atoms with Gasteiger partial charge in [0.2, 0.25) is 0 Å². The Morgan fingerprint density at radius 1 is 1.39 bits per heavy atom. The first-order valence-electron chi connectivity index (χ1n) is 6.61. The Hall–Kier alpha value is -1.50. The van der Waals surface area contributed by atoms with Gasteiger partial charge in [-0.05, 0) is 56.7 Å². The third kappa shape index (κ3) is 2.66. The summed E-state index contributed by atoms with van der Waals surface area (Å²) < 4.78 is 5.47. The Balaban J connectivity index is 2.27. The van der Waals surface area contributed by atoms with Crippen molar-refractivity contribution in [2.75, 3.05) is 7.11 Å². The number of hydrogen-bond donors (Lipinski definition) is 0. The van der Waals surface area contributed by atoms with Crippen molar-refractivity contribution in [2.24, 2.45) is 5.92 Å². The van der Waals surface area contributed by atoms with Crippen LogP contribution < -0.4 is 4.74 Å². The lowest BCUT2D eigenvalue weighted by Crippen LogP contribution is -2.06. The van der Waals surface area contributed by atoms with Gasteiger partial charge in [0.05, 0.1) is 7.11 Å². The number of benzene rings is 1. The Morgan fingerprint density at radius 2 is 2.17 bits per heavy atom. The number of ether oxygens (including phenoxy) is 1. The minimum absolute atomic E-state index is 0.657. The molecule has 0 saturated heterocycles. The predicted octanol–water partition coefficient (Wildman–Crippen LogP) is 4.76. The van der Waals surface area contributed by atoms with Crippen molar-refractivity contribution in [3.05, 3.63) is 47.6 Å². The summed E-state index contributed by atoms with van der Waals surface area (Å²) in [5, 5.41) is 0. The molecule has 0 bridgehead atoms. The van der Waals surface area contributed by atoms with Gasteiger partial charge in [-0.3, -0.25) is 0 Å². The Labute approximate surface area is 110 Å². The van der Waals surface area contributed by atoms with E-state index in [1.807, 2.05) is 0 Å². The fraction of sp³-hybridized carbons (Fsp3) is 0.412. The standard InChI is InChI=1S/C17H22O/c1-12(2)14-6-8-15(9-7-14)16-11-13(3)5-10-17(16)18-4/h5,8,10-11,14H,1,6-7,9H2,2-4H3. The molecule has 1 aliphatic carbocycles. The summed E-state index contributed by atoms with van der Waals surface area (Å²) in [4.78, 5) is 0. The predicted molar refractivity (Wildman–Crippen MR) is 77.9 cm³/mol. The van der Waals surface area contributed by atoms with Crippen LogP contribution in [0.4, 0.5) is 0 Å². The second kappa shape index (κ2) is 5.43. The van der Waals surface area contributed by atoms with Crippen molar-refractivity contribution >= 4 is 5.57 Å². The Morgan fingerprint density at radius 3 is 2.72 bits per heavy atom. The van der Waals surface area contributed by atoms with E-state index in [1.54, 1.807) is 7.11 Å². The molecule has 0 aliphatic heterocycles. The molecule has 1 atom stereocenters. The van der Waals surface area contributed by atoms with E-state index in [4.69, 9.17) is 4.74 Å². The lowest BCUT2D eigenvalue weighted by atomic mass is 9.83. The highest BCUT2D eigenvalue weighted by Gasteiger charge is 2.17. The molecule has 1 aromatic rings. The van der Waals surface area contributed by atoms with E-state index >= 15 is 0 Å². The van der Waals surface area contributed by atoms with Crippen LogP contribution in [0.1, 0.15) is 37.3 Å². The van der Waals surface area contributed by atoms with E-state index in [0.717, 1.165) is 18.6 Å². The smallest absolute Gasteiger partial charge is 0.126 e. The molecule has 18 heavy (non-hydrogen) atoms. The van der Waals surface area contributed by atoms with Crippen LogP contribution >= 0.6 is 0 Å². The molecular formula is C17H22O. The van der Waals surface area contributed by atoms with Gasteiger partial charge in [-0.15, -0.1) is 0 Å². The number of hydrogen-bond acceptors (Lipinski definition) is 1. The first-order chi connectivity index (χ1) is 8.61. The summed E-state index contributed by atoms with van der Waals surface area (Å²) >= 11 is 0. The van der Waals surface area contributed by atoms with E-state index in [0.29, 0.717) is 5.92 Å². The summed E-state index contributed by atoms with van der Waals surface area (Å²) in [7, 11) is 1.74. The van der Waals surface area contributed by atoms with E-state index < -0.39 is 0 Å². The van der Waals surface area contributed by atoms with Gasteiger partial charge in [0.15, 0.2) is 0 Å². The van der Waals surface area contributed by atoms with Crippen LogP contribution in [0.15, 0.2) is 36.4 Å². The monoisotopic (exact) mass is 242 g/mol. The number of methoxy groups -OCH3 is 1. The minimum Gasteiger partial charge on any atom is -0.496 e. The molecule has 1 nitrogen and oxygen atoms in total. The van der Waals surface area contributed by atoms with Crippen molar-refractivity contribution in [1.29, 1.82) is 0 Å². The van der Waals surface area contributed by atoms with Crippen LogP contribution in [0.3, 0.4) is 0 Å². The minimum atomic E-state index is 0.657. The largest absolute Gasteiger partial charge is 0.496 e. The molecule has 0 radical (unpaired) electrons. The average Bonchev–Trinajstić information content (AvgIpc) is 2.39. The molecule has 1 unspecified atom stereocenters. The molecule has 0 N–H and O–H groups in total. The van der Waals surface area contributed by atoms with E-state index in [-0.39, 0.29) is 0 Å². The molecule has 1 aromatic carbocycles. The summed E-state index contributed by atoms with van der Waals surface area (Å²) in [5.41, 5.74) is 5.28. The van der Waals surface area contributed by atoms with E-state index in [2.05, 4.69) is 44.7 Å². The van der Waals surface area contributed by atoms with Crippen LogP contribution in [0.5, 0.6) is 5.75 Å². The third-order valence-corrected chi connectivity index (χ3v) is 3.81. The molecule has 0 heterocycles. The lowest BCUT2D eigenvalue weighted by Gasteiger charge is -2.23. The Kier molecular flexibility index (Phi) is 3.90. The second-order valence-corrected chi connectivity index (χ2v) is 5.25. The highest BCUT2D eigenvalue weighted by atomic mass is 16.5. The molecule has 0 fully saturated rings. The molecule has 0 aromatic heterocycles. The highest BCUT2D eigenvalue weighted by Crippen LogP contribution is 2.37. The normalized spacial score (nSPS) is 19.3. The van der Waals surface area contributed by atoms with Crippen LogP contribution in [-0.2, 0) is 0 Å². The molecular weight excluding hydrogens is 220 g/mol. The van der Waals surface area contributed by atoms with Gasteiger partial charge in [0.1, 0.15) is 5.75 Å². The maximum atomic E-state index is 5.47. The molecule has 0 saturated carbocycles. The fourth-order valence-electron chi connectivity index (χ4n) is 2.60. The molecule has 2 rings (SSSR count). The van der Waals surface area contributed by atoms with Crippen molar-refractivity contribution in [2.45, 2.75) is 33.1 Å². The van der Waals surface area contributed by atoms with Crippen LogP contribution in [0.2, 0.25) is 0 Å². The first-order valence-corrected chi connectivity index (χ1v) is 6.61. The van der Waals surface area contributed by atoms with Crippen molar-refractivity contribution < 1.29 is 4.74 Å². The van der Waals surface area contributed by atoms with Gasteiger partial charge in [-0.25, -0.2) is 0 Å². The van der Waals surface area contributed by atoms with E-state index in [1.165, 1.54) is 28.7 Å². The van der Waals surface area contributed by atoms with Crippen molar-refractivity contribution in [1.82, 2.24) is 0 Å². The summed E-state index contributed by atoms with van der Waals surface area (Å²) in [6.07, 6.45) is 5.80. The van der Waals surface area contributed by atoms with E-state index in [9.17, 15) is 0 Å². The number of allylic oxidation sites excluding steroid dienone is 3. The highest BCUT2D eigenvalue weighted by molar-refractivity contribution is 5.71. The summed E-state index contributed by atoms with van der Waals surface area (Å²) in [6.45, 7) is 8.33. The molecule has 0 amide bonds. The molecule has 1 heteroatoms. The maximum absolute atomic E-state index is 5.47. The average molecular weight is 242 g/mol. The summed E-state index contributed by atoms with van der Waals surface area (Å²) in [5.74, 6) is 1.64. The zero-order chi connectivity index (χ0) is 13.1. The number of rotatable bonds is 3. The molecule has 1 aliphatic rings. The second-order valence-electron chi connectivity index (χ2n) is 5.25. The van der Waals surface area contributed by atoms with Gasteiger partial charge >= 0.3 is 0 Å². The van der Waals surface area contributed by atoms with Crippen molar-refractivity contribution in [3.63, 3.8) is 0 Å². The zero-order valence-corrected chi connectivity index (χ0v) is 11.6. The molecule has 96 valence electrons. The van der Waals surface area contributed by atoms with Crippen LogP contribution in [0, 0.1) is 12.8 Å². The van der Waals surface area contributed by atoms with Gasteiger partial charge in [-0.1, -0.05) is 29.9 Å². The van der Waals surface area contributed by atoms with Gasteiger partial charge in [0.25, 0.3) is 0 Å². The lowest BCUT2D eigenvalue weighted by molar-refractivity contribution is 0.413. The Bertz CT molecular complexity index is 482. The SMILES string of the molecule is C=C(C)C1CC=C(c2cc(C)ccc2OC)CC1. The van der Waals surface area contributed by atoms with Gasteiger partial charge < -0.3 is 4.74 Å². The summed E-state index contributed by atoms with van der Waals surface area (Å²) in [6, 6.07) is 6.39. The zero-order valence-electron chi connectivity index (χ0n) is 11.6. The maximum Gasteiger partial charge on any atom is 0.126 e. The van der Waals surface area contributed by atoms with Gasteiger partial charge in [-0.2, -0.15) is 0 Å². The third-order valence-electron chi connectivity index (χ3n) is 3.81. The first kappa shape index (κ1) is 12.9. The van der Waals surface area contributed by atoms with Crippen LogP contribution in [0.25, 0.3) is 5.57 Å². The number of aryl methyl sites for hydroxylation is 1. The van der Waals surface area contributed by atoms with Crippen molar-refractivity contribution in [3.8, 4) is 5.75 Å².